The first kappa shape index (κ1) is 46.5. The Morgan fingerprint density at radius 1 is 1.03 bits per heavy atom. The molecule has 0 aromatic heterocycles. The number of carbonyl (C=O) groups excluding carboxylic acids is 6. The van der Waals surface area contributed by atoms with Gasteiger partial charge < -0.3 is 20.5 Å². The SMILES string of the molecule is COc1ccc(C2=C([O-])C(=CC3=[N+](CCCCCC(=O)NC(CSOOO)C(=O)NCCCC(=O)CN4C(=O)CCC4=O)c4ccc(F)cc4C3(C)C)C2=O)cc1.[Na]. The van der Waals surface area contributed by atoms with Crippen molar-refractivity contribution >= 4 is 93.8 Å². The number of unbranched alkanes of at least 4 members (excludes halogenated alkanes) is 2. The molecular weight excluding hydrogens is 787 g/mol. The van der Waals surface area contributed by atoms with E-state index in [1.807, 2.05) is 18.4 Å². The summed E-state index contributed by atoms with van der Waals surface area (Å²) in [7, 11) is 1.52. The van der Waals surface area contributed by atoms with Crippen molar-refractivity contribution in [3.05, 3.63) is 76.8 Å². The number of imide groups is 1. The number of hydrogen-bond acceptors (Lipinski definition) is 12. The van der Waals surface area contributed by atoms with E-state index in [0.29, 0.717) is 60.4 Å². The van der Waals surface area contributed by atoms with Crippen molar-refractivity contribution in [1.29, 1.82) is 0 Å². The maximum absolute atomic E-state index is 14.5. The largest absolute Gasteiger partial charge is 0.871 e. The second kappa shape index (κ2) is 21.2. The summed E-state index contributed by atoms with van der Waals surface area (Å²) in [5.41, 5.74) is 2.06. The topological polar surface area (TPSA) is 204 Å². The molecule has 2 aromatic rings. The first-order valence-electron chi connectivity index (χ1n) is 18.6. The van der Waals surface area contributed by atoms with Crippen molar-refractivity contribution in [2.45, 2.75) is 76.7 Å². The molecule has 0 spiro atoms. The Labute approximate surface area is 361 Å². The number of ketones is 2. The maximum atomic E-state index is 14.5. The molecule has 3 N–H and O–H groups in total. The smallest absolute Gasteiger partial charge is 0.243 e. The number of Topliss-reactive ketones (excluding diaryl/α,β-unsaturated/α-hetero) is 2. The molecule has 0 bridgehead atoms. The van der Waals surface area contributed by atoms with Gasteiger partial charge in [0, 0.05) is 109 Å². The Morgan fingerprint density at radius 2 is 1.74 bits per heavy atom. The molecule has 1 aliphatic carbocycles. The molecule has 1 atom stereocenters. The van der Waals surface area contributed by atoms with E-state index >= 15 is 0 Å². The van der Waals surface area contributed by atoms with E-state index in [1.54, 1.807) is 36.4 Å². The molecule has 2 aromatic carbocycles. The van der Waals surface area contributed by atoms with Crippen LogP contribution < -0.4 is 20.5 Å². The number of benzene rings is 2. The van der Waals surface area contributed by atoms with Crippen LogP contribution in [0.5, 0.6) is 5.75 Å². The van der Waals surface area contributed by atoms with Gasteiger partial charge in [0.2, 0.25) is 29.3 Å². The first-order valence-corrected chi connectivity index (χ1v) is 19.5. The van der Waals surface area contributed by atoms with Crippen LogP contribution in [-0.2, 0) is 43.6 Å². The minimum atomic E-state index is -1.07. The summed E-state index contributed by atoms with van der Waals surface area (Å²) in [6.07, 6.45) is 3.77. The van der Waals surface area contributed by atoms with Crippen molar-refractivity contribution in [3.8, 4) is 5.75 Å². The zero-order valence-electron chi connectivity index (χ0n) is 32.9. The molecular formula is C40H45FN4NaO11S. The number of carbonyl (C=O) groups is 6. The van der Waals surface area contributed by atoms with Crippen molar-refractivity contribution in [3.63, 3.8) is 0 Å². The fraction of sp³-hybridized carbons (Fsp3) is 0.425. The summed E-state index contributed by atoms with van der Waals surface area (Å²) in [5.74, 6) is -2.72. The molecule has 18 heteroatoms. The van der Waals surface area contributed by atoms with Gasteiger partial charge in [-0.3, -0.25) is 33.7 Å². The first-order chi connectivity index (χ1) is 27.3. The second-order valence-corrected chi connectivity index (χ2v) is 15.0. The molecule has 1 radical (unpaired) electrons. The molecule has 5 rings (SSSR count). The van der Waals surface area contributed by atoms with Crippen LogP contribution in [-0.4, -0.2) is 124 Å². The van der Waals surface area contributed by atoms with Gasteiger partial charge in [-0.05, 0) is 62.9 Å². The van der Waals surface area contributed by atoms with Crippen molar-refractivity contribution in [2.75, 3.05) is 32.5 Å². The van der Waals surface area contributed by atoms with Crippen LogP contribution in [0, 0.1) is 5.82 Å². The number of likely N-dealkylation sites (tertiary alicyclic amines) is 1. The van der Waals surface area contributed by atoms with Gasteiger partial charge in [-0.1, -0.05) is 22.9 Å². The number of rotatable bonds is 21. The average Bonchev–Trinajstić information content (AvgIpc) is 3.61. The minimum Gasteiger partial charge on any atom is -0.871 e. The fourth-order valence-electron chi connectivity index (χ4n) is 7.02. The summed E-state index contributed by atoms with van der Waals surface area (Å²) in [6, 6.07) is 10.1. The number of fused-ring (bicyclic) bond motifs is 1. The van der Waals surface area contributed by atoms with Crippen LogP contribution in [0.25, 0.3) is 5.57 Å². The van der Waals surface area contributed by atoms with Crippen LogP contribution in [0.2, 0.25) is 0 Å². The Morgan fingerprint density at radius 3 is 2.40 bits per heavy atom. The van der Waals surface area contributed by atoms with Gasteiger partial charge in [-0.2, -0.15) is 4.58 Å². The van der Waals surface area contributed by atoms with Gasteiger partial charge in [-0.15, -0.1) is 4.33 Å². The zero-order valence-corrected chi connectivity index (χ0v) is 35.7. The number of nitrogens with one attached hydrogen (secondary N) is 2. The molecule has 2 aliphatic heterocycles. The molecule has 15 nitrogen and oxygen atoms in total. The van der Waals surface area contributed by atoms with Gasteiger partial charge in [0.05, 0.1) is 24.8 Å². The standard InChI is InChI=1S/C40H45FN4O11S.Na/c1-40(2)29-20-25(41)12-15-31(29)44(32(40)21-28-37(50)36(38(28)51)24-10-13-27(54-3)14-11-24)19-6-4-5-9-33(47)43-30(23-57-56-55-53)39(52)42-18-7-8-26(46)22-45-34(48)16-17-35(45)49;/h10-15,20-21,30H,4-9,16-19,22-23H2,1-3H3,(H3-,42,43,47,50,51,52,53);. The molecule has 305 valence electrons. The average molecular weight is 832 g/mol. The van der Waals surface area contributed by atoms with E-state index in [2.05, 4.69) is 20.0 Å². The van der Waals surface area contributed by atoms with Gasteiger partial charge >= 0.3 is 0 Å². The Kier molecular flexibility index (Phi) is 16.9. The molecule has 1 fully saturated rings. The summed E-state index contributed by atoms with van der Waals surface area (Å²) >= 11 is 0.590. The van der Waals surface area contributed by atoms with Crippen LogP contribution in [0.3, 0.4) is 0 Å². The maximum Gasteiger partial charge on any atom is 0.243 e. The number of amides is 4. The molecule has 58 heavy (non-hydrogen) atoms. The van der Waals surface area contributed by atoms with Crippen LogP contribution in [0.4, 0.5) is 10.1 Å². The van der Waals surface area contributed by atoms with Crippen LogP contribution in [0.1, 0.15) is 76.3 Å². The van der Waals surface area contributed by atoms with Gasteiger partial charge in [-0.25, -0.2) is 9.65 Å². The predicted octanol–water partition coefficient (Wildman–Crippen LogP) is 2.84. The van der Waals surface area contributed by atoms with Crippen LogP contribution in [0.15, 0.2) is 59.9 Å². The molecule has 3 aliphatic rings. The molecule has 2 heterocycles. The number of halogens is 1. The Balaban J connectivity index is 0.00000744. The molecule has 1 saturated heterocycles. The summed E-state index contributed by atoms with van der Waals surface area (Å²) in [5, 5.41) is 30.7. The number of nitrogens with zero attached hydrogens (tertiary/aromatic N) is 2. The number of ether oxygens (including phenoxy) is 1. The van der Waals surface area contributed by atoms with Crippen molar-refractivity contribution in [2.24, 2.45) is 0 Å². The van der Waals surface area contributed by atoms with E-state index < -0.39 is 29.1 Å². The van der Waals surface area contributed by atoms with Gasteiger partial charge in [0.25, 0.3) is 0 Å². The van der Waals surface area contributed by atoms with Crippen molar-refractivity contribution < 1.29 is 62.2 Å². The zero-order chi connectivity index (χ0) is 41.3. The number of hydrogen-bond donors (Lipinski definition) is 3. The number of methoxy groups -OCH3 is 1. The third kappa shape index (κ3) is 11.1. The quantitative estimate of drug-likeness (QED) is 0.0243. The second-order valence-electron chi connectivity index (χ2n) is 14.3. The van der Waals surface area contributed by atoms with E-state index in [9.17, 15) is 38.3 Å². The van der Waals surface area contributed by atoms with E-state index in [-0.39, 0.29) is 121 Å². The Hall–Kier alpha value is -4.23. The molecule has 1 unspecified atom stereocenters. The normalized spacial score (nSPS) is 16.9. The third-order valence-corrected chi connectivity index (χ3v) is 10.8. The minimum absolute atomic E-state index is 0. The van der Waals surface area contributed by atoms with E-state index in [4.69, 9.17) is 9.99 Å². The summed E-state index contributed by atoms with van der Waals surface area (Å²) in [4.78, 5) is 75.8. The van der Waals surface area contributed by atoms with E-state index in [1.165, 1.54) is 19.2 Å². The van der Waals surface area contributed by atoms with E-state index in [0.717, 1.165) is 10.6 Å². The Bertz CT molecular complexity index is 2000. The van der Waals surface area contributed by atoms with Crippen molar-refractivity contribution in [1.82, 2.24) is 15.5 Å². The molecule has 0 saturated carbocycles. The molecule has 4 amide bonds. The summed E-state index contributed by atoms with van der Waals surface area (Å²) < 4.78 is 26.0. The fourth-order valence-corrected chi connectivity index (χ4v) is 7.49. The van der Waals surface area contributed by atoms with Crippen LogP contribution >= 0.6 is 12.0 Å². The monoisotopic (exact) mass is 831 g/mol. The predicted molar refractivity (Wildman–Crippen MR) is 209 cm³/mol. The summed E-state index contributed by atoms with van der Waals surface area (Å²) in [6.45, 7) is 4.06. The van der Waals surface area contributed by atoms with Gasteiger partial charge in [0.15, 0.2) is 17.3 Å². The van der Waals surface area contributed by atoms with Gasteiger partial charge in [0.1, 0.15) is 24.2 Å². The third-order valence-electron chi connectivity index (χ3n) is 10.1. The number of allylic oxidation sites excluding steroid dienone is 3.